The molecule has 7 nitrogen and oxygen atoms in total. The number of ether oxygens (including phenoxy) is 1. The van der Waals surface area contributed by atoms with Crippen molar-refractivity contribution in [1.82, 2.24) is 15.1 Å². The number of nitrogens with zero attached hydrogens (tertiary/aromatic N) is 2. The molecule has 0 aromatic heterocycles. The van der Waals surface area contributed by atoms with Gasteiger partial charge in [0.1, 0.15) is 0 Å². The number of nitrogens with one attached hydrogen (secondary N) is 2. The zero-order chi connectivity index (χ0) is 15.8. The zero-order valence-electron chi connectivity index (χ0n) is 12.7. The Bertz CT molecular complexity index is 487. The molecule has 3 amide bonds. The number of piperazine rings is 1. The number of amides is 3. The summed E-state index contributed by atoms with van der Waals surface area (Å²) in [6, 6.07) is 9.11. The van der Waals surface area contributed by atoms with E-state index in [1.807, 2.05) is 30.3 Å². The molecule has 1 aromatic carbocycles. The molecular weight excluding hydrogens is 284 g/mol. The molecule has 1 aliphatic rings. The molecule has 22 heavy (non-hydrogen) atoms. The Morgan fingerprint density at radius 3 is 2.45 bits per heavy atom. The summed E-state index contributed by atoms with van der Waals surface area (Å²) in [6.07, 6.45) is -0.278. The first-order valence-corrected chi connectivity index (χ1v) is 7.34. The molecule has 2 rings (SSSR count). The minimum absolute atomic E-state index is 0.209. The van der Waals surface area contributed by atoms with E-state index in [2.05, 4.69) is 15.5 Å². The third-order valence-corrected chi connectivity index (χ3v) is 3.55. The predicted molar refractivity (Wildman–Crippen MR) is 83.9 cm³/mol. The minimum Gasteiger partial charge on any atom is -0.453 e. The lowest BCUT2D eigenvalue weighted by Gasteiger charge is -2.33. The Morgan fingerprint density at radius 2 is 1.82 bits per heavy atom. The lowest BCUT2D eigenvalue weighted by Crippen LogP contribution is -2.50. The van der Waals surface area contributed by atoms with Crippen LogP contribution in [0, 0.1) is 0 Å². The SMILES string of the molecule is COC(=O)N1CCN(CCNC(=O)Nc2ccccc2)CC1. The van der Waals surface area contributed by atoms with Crippen molar-refractivity contribution in [2.75, 3.05) is 51.7 Å². The van der Waals surface area contributed by atoms with E-state index in [-0.39, 0.29) is 12.1 Å². The van der Waals surface area contributed by atoms with Gasteiger partial charge in [0, 0.05) is 45.0 Å². The highest BCUT2D eigenvalue weighted by Gasteiger charge is 2.20. The van der Waals surface area contributed by atoms with Crippen molar-refractivity contribution in [2.24, 2.45) is 0 Å². The molecule has 1 heterocycles. The fraction of sp³-hybridized carbons (Fsp3) is 0.467. The van der Waals surface area contributed by atoms with Crippen LogP contribution < -0.4 is 10.6 Å². The van der Waals surface area contributed by atoms with Gasteiger partial charge in [-0.15, -0.1) is 0 Å². The van der Waals surface area contributed by atoms with Crippen LogP contribution in [0.25, 0.3) is 0 Å². The summed E-state index contributed by atoms with van der Waals surface area (Å²) < 4.78 is 4.70. The molecular formula is C15H22N4O3. The van der Waals surface area contributed by atoms with E-state index in [0.717, 1.165) is 25.3 Å². The van der Waals surface area contributed by atoms with Gasteiger partial charge in [-0.3, -0.25) is 4.90 Å². The zero-order valence-corrected chi connectivity index (χ0v) is 12.7. The number of carbonyl (C=O) groups excluding carboxylic acids is 2. The highest BCUT2D eigenvalue weighted by molar-refractivity contribution is 5.89. The number of methoxy groups -OCH3 is 1. The second kappa shape index (κ2) is 8.23. The molecule has 0 spiro atoms. The van der Waals surface area contributed by atoms with Crippen LogP contribution in [-0.2, 0) is 4.74 Å². The maximum atomic E-state index is 11.7. The van der Waals surface area contributed by atoms with Crippen LogP contribution in [0.2, 0.25) is 0 Å². The molecule has 1 aromatic rings. The number of urea groups is 1. The Morgan fingerprint density at radius 1 is 1.14 bits per heavy atom. The first kappa shape index (κ1) is 16.1. The number of rotatable bonds is 4. The van der Waals surface area contributed by atoms with Gasteiger partial charge in [0.25, 0.3) is 0 Å². The molecule has 2 N–H and O–H groups in total. The van der Waals surface area contributed by atoms with Crippen LogP contribution in [-0.4, -0.2) is 68.3 Å². The van der Waals surface area contributed by atoms with Crippen molar-refractivity contribution >= 4 is 17.8 Å². The molecule has 7 heteroatoms. The third-order valence-electron chi connectivity index (χ3n) is 3.55. The highest BCUT2D eigenvalue weighted by Crippen LogP contribution is 2.04. The lowest BCUT2D eigenvalue weighted by atomic mass is 10.3. The molecule has 120 valence electrons. The molecule has 1 fully saturated rings. The molecule has 1 saturated heterocycles. The summed E-state index contributed by atoms with van der Waals surface area (Å²) in [6.45, 7) is 4.22. The van der Waals surface area contributed by atoms with Crippen LogP contribution in [0.3, 0.4) is 0 Å². The van der Waals surface area contributed by atoms with Gasteiger partial charge >= 0.3 is 12.1 Å². The maximum Gasteiger partial charge on any atom is 0.409 e. The van der Waals surface area contributed by atoms with E-state index in [9.17, 15) is 9.59 Å². The van der Waals surface area contributed by atoms with Crippen molar-refractivity contribution in [1.29, 1.82) is 0 Å². The van der Waals surface area contributed by atoms with Gasteiger partial charge < -0.3 is 20.3 Å². The maximum absolute atomic E-state index is 11.7. The van der Waals surface area contributed by atoms with E-state index in [0.29, 0.717) is 19.6 Å². The number of para-hydroxylation sites is 1. The van der Waals surface area contributed by atoms with Gasteiger partial charge in [-0.25, -0.2) is 9.59 Å². The van der Waals surface area contributed by atoms with Crippen molar-refractivity contribution < 1.29 is 14.3 Å². The van der Waals surface area contributed by atoms with E-state index in [1.165, 1.54) is 7.11 Å². The van der Waals surface area contributed by atoms with E-state index < -0.39 is 0 Å². The smallest absolute Gasteiger partial charge is 0.409 e. The minimum atomic E-state index is -0.278. The average molecular weight is 306 g/mol. The van der Waals surface area contributed by atoms with E-state index >= 15 is 0 Å². The van der Waals surface area contributed by atoms with Gasteiger partial charge in [-0.2, -0.15) is 0 Å². The van der Waals surface area contributed by atoms with Crippen LogP contribution in [0.1, 0.15) is 0 Å². The topological polar surface area (TPSA) is 73.9 Å². The largest absolute Gasteiger partial charge is 0.453 e. The first-order chi connectivity index (χ1) is 10.7. The van der Waals surface area contributed by atoms with E-state index in [1.54, 1.807) is 4.90 Å². The molecule has 0 radical (unpaired) electrons. The average Bonchev–Trinajstić information content (AvgIpc) is 2.55. The number of benzene rings is 1. The van der Waals surface area contributed by atoms with E-state index in [4.69, 9.17) is 4.74 Å². The summed E-state index contributed by atoms with van der Waals surface area (Å²) in [5, 5.41) is 5.60. The fourth-order valence-corrected chi connectivity index (χ4v) is 2.31. The van der Waals surface area contributed by atoms with Crippen molar-refractivity contribution in [3.63, 3.8) is 0 Å². The van der Waals surface area contributed by atoms with Gasteiger partial charge in [0.05, 0.1) is 7.11 Å². The van der Waals surface area contributed by atoms with Crippen molar-refractivity contribution in [3.05, 3.63) is 30.3 Å². The monoisotopic (exact) mass is 306 g/mol. The quantitative estimate of drug-likeness (QED) is 0.876. The standard InChI is InChI=1S/C15H22N4O3/c1-22-15(21)19-11-9-18(10-12-19)8-7-16-14(20)17-13-5-3-2-4-6-13/h2-6H,7-12H2,1H3,(H2,16,17,20). The first-order valence-electron chi connectivity index (χ1n) is 7.34. The summed E-state index contributed by atoms with van der Waals surface area (Å²) >= 11 is 0. The van der Waals surface area contributed by atoms with Gasteiger partial charge in [0.15, 0.2) is 0 Å². The van der Waals surface area contributed by atoms with Crippen molar-refractivity contribution in [3.8, 4) is 0 Å². The van der Waals surface area contributed by atoms with Gasteiger partial charge in [0.2, 0.25) is 0 Å². The van der Waals surface area contributed by atoms with Gasteiger partial charge in [-0.1, -0.05) is 18.2 Å². The Balaban J connectivity index is 1.61. The summed E-state index contributed by atoms with van der Waals surface area (Å²) in [5.74, 6) is 0. The number of carbonyl (C=O) groups is 2. The molecule has 0 bridgehead atoms. The Labute approximate surface area is 130 Å². The lowest BCUT2D eigenvalue weighted by molar-refractivity contribution is 0.0916. The summed E-state index contributed by atoms with van der Waals surface area (Å²) in [4.78, 5) is 27.0. The van der Waals surface area contributed by atoms with Crippen LogP contribution >= 0.6 is 0 Å². The highest BCUT2D eigenvalue weighted by atomic mass is 16.5. The van der Waals surface area contributed by atoms with Gasteiger partial charge in [-0.05, 0) is 12.1 Å². The summed E-state index contributed by atoms with van der Waals surface area (Å²) in [7, 11) is 1.39. The molecule has 0 atom stereocenters. The molecule has 1 aliphatic heterocycles. The van der Waals surface area contributed by atoms with Crippen LogP contribution in [0.4, 0.5) is 15.3 Å². The number of hydrogen-bond donors (Lipinski definition) is 2. The Kier molecular flexibility index (Phi) is 6.02. The Hall–Kier alpha value is -2.28. The van der Waals surface area contributed by atoms with Crippen molar-refractivity contribution in [2.45, 2.75) is 0 Å². The van der Waals surface area contributed by atoms with Crippen LogP contribution in [0.5, 0.6) is 0 Å². The number of hydrogen-bond acceptors (Lipinski definition) is 4. The third kappa shape index (κ3) is 4.92. The number of anilines is 1. The second-order valence-corrected chi connectivity index (χ2v) is 5.05. The normalized spacial score (nSPS) is 15.2. The second-order valence-electron chi connectivity index (χ2n) is 5.05. The fourth-order valence-electron chi connectivity index (χ4n) is 2.31. The molecule has 0 saturated carbocycles. The molecule has 0 aliphatic carbocycles. The molecule has 0 unspecified atom stereocenters. The van der Waals surface area contributed by atoms with Crippen LogP contribution in [0.15, 0.2) is 30.3 Å². The predicted octanol–water partition coefficient (Wildman–Crippen LogP) is 1.19. The summed E-state index contributed by atoms with van der Waals surface area (Å²) in [5.41, 5.74) is 0.770.